The van der Waals surface area contributed by atoms with E-state index < -0.39 is 29.4 Å². The van der Waals surface area contributed by atoms with Gasteiger partial charge < -0.3 is 15.0 Å². The van der Waals surface area contributed by atoms with Crippen molar-refractivity contribution in [3.05, 3.63) is 54.7 Å². The maximum atomic E-state index is 13.2. The van der Waals surface area contributed by atoms with Gasteiger partial charge in [-0.3, -0.25) is 9.59 Å². The van der Waals surface area contributed by atoms with Crippen molar-refractivity contribution in [1.29, 1.82) is 0 Å². The monoisotopic (exact) mass is 409 g/mol. The summed E-state index contributed by atoms with van der Waals surface area (Å²) in [6.45, 7) is 9.68. The SMILES string of the molecule is C=CCOC(=O)[C@H]1CCN1C(=O)[C@H](NC(=O)c1ccc2ccccc2n1)C(C)(C)C. The van der Waals surface area contributed by atoms with Gasteiger partial charge in [0.2, 0.25) is 5.91 Å². The zero-order chi connectivity index (χ0) is 21.9. The predicted molar refractivity (Wildman–Crippen MR) is 114 cm³/mol. The Morgan fingerprint density at radius 3 is 2.63 bits per heavy atom. The number of pyridine rings is 1. The quantitative estimate of drug-likeness (QED) is 0.585. The van der Waals surface area contributed by atoms with Crippen LogP contribution in [0.25, 0.3) is 10.9 Å². The molecule has 3 rings (SSSR count). The van der Waals surface area contributed by atoms with Crippen LogP contribution >= 0.6 is 0 Å². The number of likely N-dealkylation sites (tertiary alicyclic amines) is 1. The predicted octanol–water partition coefficient (Wildman–Crippen LogP) is 2.71. The number of carbonyl (C=O) groups excluding carboxylic acids is 3. The number of aromatic nitrogens is 1. The molecule has 7 nitrogen and oxygen atoms in total. The van der Waals surface area contributed by atoms with Crippen LogP contribution in [0.15, 0.2) is 49.1 Å². The number of para-hydroxylation sites is 1. The Kier molecular flexibility index (Phi) is 6.20. The first kappa shape index (κ1) is 21.5. The number of nitrogens with zero attached hydrogens (tertiary/aromatic N) is 2. The average Bonchev–Trinajstić information content (AvgIpc) is 2.68. The molecule has 1 N–H and O–H groups in total. The third-order valence-electron chi connectivity index (χ3n) is 5.14. The van der Waals surface area contributed by atoms with Gasteiger partial charge in [-0.15, -0.1) is 0 Å². The van der Waals surface area contributed by atoms with Crippen molar-refractivity contribution in [2.45, 2.75) is 39.3 Å². The molecule has 2 aromatic rings. The second-order valence-corrected chi connectivity index (χ2v) is 8.42. The summed E-state index contributed by atoms with van der Waals surface area (Å²) < 4.78 is 5.08. The van der Waals surface area contributed by atoms with Crippen LogP contribution in [0.1, 0.15) is 37.7 Å². The molecule has 158 valence electrons. The van der Waals surface area contributed by atoms with Crippen LogP contribution in [-0.2, 0) is 14.3 Å². The molecule has 1 saturated heterocycles. The molecule has 1 fully saturated rings. The third-order valence-corrected chi connectivity index (χ3v) is 5.14. The highest BCUT2D eigenvalue weighted by Crippen LogP contribution is 2.27. The minimum absolute atomic E-state index is 0.102. The summed E-state index contributed by atoms with van der Waals surface area (Å²) in [5, 5.41) is 3.76. The molecule has 2 heterocycles. The van der Waals surface area contributed by atoms with E-state index in [1.165, 1.54) is 11.0 Å². The molecule has 0 saturated carbocycles. The van der Waals surface area contributed by atoms with Crippen molar-refractivity contribution in [3.63, 3.8) is 0 Å². The minimum Gasteiger partial charge on any atom is -0.460 e. The fraction of sp³-hybridized carbons (Fsp3) is 0.391. The summed E-state index contributed by atoms with van der Waals surface area (Å²) in [5.74, 6) is -1.19. The van der Waals surface area contributed by atoms with Crippen molar-refractivity contribution >= 4 is 28.7 Å². The molecule has 2 atom stereocenters. The number of esters is 1. The smallest absolute Gasteiger partial charge is 0.329 e. The van der Waals surface area contributed by atoms with E-state index in [2.05, 4.69) is 16.9 Å². The largest absolute Gasteiger partial charge is 0.460 e. The summed E-state index contributed by atoms with van der Waals surface area (Å²) >= 11 is 0. The lowest BCUT2D eigenvalue weighted by molar-refractivity contribution is -0.163. The first-order chi connectivity index (χ1) is 14.2. The first-order valence-electron chi connectivity index (χ1n) is 9.97. The fourth-order valence-electron chi connectivity index (χ4n) is 3.35. The van der Waals surface area contributed by atoms with Crippen LogP contribution < -0.4 is 5.32 Å². The third kappa shape index (κ3) is 4.50. The number of ether oxygens (including phenoxy) is 1. The Morgan fingerprint density at radius 2 is 2.00 bits per heavy atom. The highest BCUT2D eigenvalue weighted by atomic mass is 16.5. The Balaban J connectivity index is 1.77. The van der Waals surface area contributed by atoms with E-state index in [4.69, 9.17) is 4.74 Å². The summed E-state index contributed by atoms with van der Waals surface area (Å²) in [4.78, 5) is 44.1. The molecule has 2 amide bonds. The van der Waals surface area contributed by atoms with Crippen molar-refractivity contribution in [2.75, 3.05) is 13.2 Å². The van der Waals surface area contributed by atoms with Crippen molar-refractivity contribution < 1.29 is 19.1 Å². The molecular weight excluding hydrogens is 382 g/mol. The molecule has 1 aromatic carbocycles. The fourth-order valence-corrected chi connectivity index (χ4v) is 3.35. The number of amides is 2. The Morgan fingerprint density at radius 1 is 1.27 bits per heavy atom. The summed E-state index contributed by atoms with van der Waals surface area (Å²) in [6.07, 6.45) is 2.02. The maximum Gasteiger partial charge on any atom is 0.329 e. The van der Waals surface area contributed by atoms with Gasteiger partial charge in [0.15, 0.2) is 0 Å². The average molecular weight is 409 g/mol. The summed E-state index contributed by atoms with van der Waals surface area (Å²) in [6, 6.07) is 9.54. The van der Waals surface area contributed by atoms with Gasteiger partial charge in [-0.25, -0.2) is 9.78 Å². The van der Waals surface area contributed by atoms with Crippen LogP contribution in [0.3, 0.4) is 0 Å². The van der Waals surface area contributed by atoms with Crippen LogP contribution in [-0.4, -0.2) is 52.9 Å². The summed E-state index contributed by atoms with van der Waals surface area (Å²) in [5.41, 5.74) is 0.382. The number of carbonyl (C=O) groups is 3. The number of nitrogens with one attached hydrogen (secondary N) is 1. The molecule has 30 heavy (non-hydrogen) atoms. The molecule has 1 aromatic heterocycles. The van der Waals surface area contributed by atoms with Gasteiger partial charge >= 0.3 is 5.97 Å². The highest BCUT2D eigenvalue weighted by molar-refractivity contribution is 5.99. The van der Waals surface area contributed by atoms with Gasteiger partial charge in [-0.2, -0.15) is 0 Å². The number of hydrogen-bond acceptors (Lipinski definition) is 5. The molecule has 0 aliphatic carbocycles. The zero-order valence-corrected chi connectivity index (χ0v) is 17.6. The topological polar surface area (TPSA) is 88.6 Å². The molecule has 1 aliphatic rings. The first-order valence-corrected chi connectivity index (χ1v) is 9.97. The molecule has 0 radical (unpaired) electrons. The Labute approximate surface area is 176 Å². The Bertz CT molecular complexity index is 980. The lowest BCUT2D eigenvalue weighted by Crippen LogP contribution is -2.63. The van der Waals surface area contributed by atoms with Gasteiger partial charge in [0, 0.05) is 11.9 Å². The molecule has 0 bridgehead atoms. The molecule has 0 unspecified atom stereocenters. The van der Waals surface area contributed by atoms with E-state index in [0.717, 1.165) is 5.39 Å². The van der Waals surface area contributed by atoms with Gasteiger partial charge in [0.05, 0.1) is 5.52 Å². The van der Waals surface area contributed by atoms with Crippen molar-refractivity contribution in [3.8, 4) is 0 Å². The van der Waals surface area contributed by atoms with Crippen LogP contribution in [0.4, 0.5) is 0 Å². The van der Waals surface area contributed by atoms with Crippen LogP contribution in [0.2, 0.25) is 0 Å². The van der Waals surface area contributed by atoms with Crippen LogP contribution in [0.5, 0.6) is 0 Å². The van der Waals surface area contributed by atoms with Gasteiger partial charge in [0.1, 0.15) is 24.4 Å². The number of fused-ring (bicyclic) bond motifs is 1. The highest BCUT2D eigenvalue weighted by Gasteiger charge is 2.44. The molecular formula is C23H27N3O4. The lowest BCUT2D eigenvalue weighted by Gasteiger charge is -2.43. The minimum atomic E-state index is -0.812. The maximum absolute atomic E-state index is 13.2. The van der Waals surface area contributed by atoms with E-state index in [1.54, 1.807) is 6.07 Å². The summed E-state index contributed by atoms with van der Waals surface area (Å²) in [7, 11) is 0. The van der Waals surface area contributed by atoms with Gasteiger partial charge in [-0.1, -0.05) is 57.7 Å². The molecule has 1 aliphatic heterocycles. The van der Waals surface area contributed by atoms with E-state index in [-0.39, 0.29) is 18.2 Å². The molecule has 7 heteroatoms. The van der Waals surface area contributed by atoms with E-state index in [1.807, 2.05) is 51.1 Å². The van der Waals surface area contributed by atoms with E-state index in [9.17, 15) is 14.4 Å². The zero-order valence-electron chi connectivity index (χ0n) is 17.6. The van der Waals surface area contributed by atoms with Crippen LogP contribution in [0, 0.1) is 5.41 Å². The molecule has 0 spiro atoms. The van der Waals surface area contributed by atoms with Crippen molar-refractivity contribution in [2.24, 2.45) is 5.41 Å². The lowest BCUT2D eigenvalue weighted by atomic mass is 9.84. The van der Waals surface area contributed by atoms with Gasteiger partial charge in [0.25, 0.3) is 5.91 Å². The number of benzene rings is 1. The number of rotatable bonds is 6. The normalized spacial score (nSPS) is 17.0. The second-order valence-electron chi connectivity index (χ2n) is 8.42. The van der Waals surface area contributed by atoms with Gasteiger partial charge in [-0.05, 0) is 24.0 Å². The van der Waals surface area contributed by atoms with Crippen molar-refractivity contribution in [1.82, 2.24) is 15.2 Å². The van der Waals surface area contributed by atoms with E-state index >= 15 is 0 Å². The van der Waals surface area contributed by atoms with E-state index in [0.29, 0.717) is 18.5 Å². The second kappa shape index (κ2) is 8.65. The number of hydrogen-bond donors (Lipinski definition) is 1. The standard InChI is InChI=1S/C23H27N3O4/c1-5-14-30-22(29)18-12-13-26(18)21(28)19(23(2,3)4)25-20(27)17-11-10-15-8-6-7-9-16(15)24-17/h5-11,18-19H,1,12-14H2,2-4H3,(H,25,27)/t18-,19+/m1/s1. The Hall–Kier alpha value is -3.22.